The number of carbonyl (C=O) groups excluding carboxylic acids is 1. The minimum Gasteiger partial charge on any atom is -0.344 e. The molecule has 0 unspecified atom stereocenters. The van der Waals surface area contributed by atoms with E-state index in [9.17, 15) is 18.0 Å². The minimum absolute atomic E-state index is 0.110. The molecule has 0 radical (unpaired) electrons. The van der Waals surface area contributed by atoms with Crippen LogP contribution < -0.4 is 5.32 Å². The van der Waals surface area contributed by atoms with Crippen molar-refractivity contribution in [2.24, 2.45) is 0 Å². The monoisotopic (exact) mass is 286 g/mol. The van der Waals surface area contributed by atoms with Crippen LogP contribution in [0.3, 0.4) is 0 Å². The average Bonchev–Trinajstić information content (AvgIpc) is 2.72. The molecule has 1 aromatic rings. The molecule has 110 valence electrons. The number of hydrogen-bond donors (Lipinski definition) is 1. The summed E-state index contributed by atoms with van der Waals surface area (Å²) in [5.41, 5.74) is 1.11. The number of benzene rings is 1. The molecule has 1 aliphatic heterocycles. The van der Waals surface area contributed by atoms with Crippen LogP contribution in [0.5, 0.6) is 0 Å². The molecule has 1 fully saturated rings. The van der Waals surface area contributed by atoms with Crippen LogP contribution in [0.25, 0.3) is 0 Å². The van der Waals surface area contributed by atoms with Crippen molar-refractivity contribution in [3.8, 4) is 0 Å². The molecule has 3 nitrogen and oxygen atoms in total. The van der Waals surface area contributed by atoms with Gasteiger partial charge < -0.3 is 5.32 Å². The third-order valence-corrected chi connectivity index (χ3v) is 3.69. The van der Waals surface area contributed by atoms with Gasteiger partial charge in [0.05, 0.1) is 0 Å². The van der Waals surface area contributed by atoms with Crippen molar-refractivity contribution in [1.82, 2.24) is 10.2 Å². The van der Waals surface area contributed by atoms with E-state index in [1.165, 1.54) is 0 Å². The minimum atomic E-state index is -4.81. The number of nitrogens with zero attached hydrogens (tertiary/aromatic N) is 1. The van der Waals surface area contributed by atoms with Gasteiger partial charge in [-0.3, -0.25) is 9.69 Å². The van der Waals surface area contributed by atoms with Gasteiger partial charge in [0.15, 0.2) is 0 Å². The summed E-state index contributed by atoms with van der Waals surface area (Å²) in [6.07, 6.45) is -4.28. The Bertz CT molecular complexity index is 461. The second-order valence-electron chi connectivity index (χ2n) is 5.06. The fraction of sp³-hybridized carbons (Fsp3) is 0.500. The Labute approximate surface area is 115 Å². The summed E-state index contributed by atoms with van der Waals surface area (Å²) in [5, 5.41) is 2.08. The lowest BCUT2D eigenvalue weighted by atomic mass is 10.1. The van der Waals surface area contributed by atoms with Crippen LogP contribution in [-0.4, -0.2) is 35.6 Å². The maximum absolute atomic E-state index is 12.2. The van der Waals surface area contributed by atoms with E-state index < -0.39 is 18.1 Å². The van der Waals surface area contributed by atoms with Gasteiger partial charge in [0, 0.05) is 25.2 Å². The largest absolute Gasteiger partial charge is 0.471 e. The summed E-state index contributed by atoms with van der Waals surface area (Å²) < 4.78 is 36.7. The number of carbonyl (C=O) groups is 1. The van der Waals surface area contributed by atoms with Crippen LogP contribution in [0.1, 0.15) is 18.9 Å². The molecule has 2 atom stereocenters. The first-order valence-corrected chi connectivity index (χ1v) is 6.53. The molecule has 1 aliphatic rings. The summed E-state index contributed by atoms with van der Waals surface area (Å²) >= 11 is 0. The predicted molar refractivity (Wildman–Crippen MR) is 68.9 cm³/mol. The highest BCUT2D eigenvalue weighted by molar-refractivity contribution is 5.82. The van der Waals surface area contributed by atoms with Gasteiger partial charge in [-0.05, 0) is 18.9 Å². The highest BCUT2D eigenvalue weighted by Crippen LogP contribution is 2.22. The van der Waals surface area contributed by atoms with Gasteiger partial charge in [0.1, 0.15) is 0 Å². The van der Waals surface area contributed by atoms with Gasteiger partial charge >= 0.3 is 12.1 Å². The number of nitrogens with one attached hydrogen (secondary N) is 1. The van der Waals surface area contributed by atoms with E-state index in [1.807, 2.05) is 37.3 Å². The maximum Gasteiger partial charge on any atom is 0.471 e. The number of amides is 1. The molecule has 0 saturated carbocycles. The summed E-state index contributed by atoms with van der Waals surface area (Å²) in [5.74, 6) is -1.85. The molecule has 1 aromatic carbocycles. The molecule has 1 heterocycles. The van der Waals surface area contributed by atoms with E-state index in [1.54, 1.807) is 0 Å². The molecule has 1 amide bonds. The molecular weight excluding hydrogens is 269 g/mol. The zero-order valence-electron chi connectivity index (χ0n) is 11.2. The van der Waals surface area contributed by atoms with Gasteiger partial charge in [0.25, 0.3) is 0 Å². The van der Waals surface area contributed by atoms with Crippen molar-refractivity contribution >= 4 is 5.91 Å². The lowest BCUT2D eigenvalue weighted by molar-refractivity contribution is -0.174. The molecule has 0 aliphatic carbocycles. The van der Waals surface area contributed by atoms with Gasteiger partial charge in [-0.1, -0.05) is 30.3 Å². The number of halogens is 3. The zero-order valence-corrected chi connectivity index (χ0v) is 11.2. The van der Waals surface area contributed by atoms with Crippen LogP contribution in [0.4, 0.5) is 13.2 Å². The number of hydrogen-bond acceptors (Lipinski definition) is 2. The molecule has 2 rings (SSSR count). The molecule has 6 heteroatoms. The Hall–Kier alpha value is -1.56. The van der Waals surface area contributed by atoms with E-state index >= 15 is 0 Å². The fourth-order valence-corrected chi connectivity index (χ4v) is 2.49. The van der Waals surface area contributed by atoms with Crippen molar-refractivity contribution in [2.75, 3.05) is 6.54 Å². The van der Waals surface area contributed by atoms with Gasteiger partial charge in [0.2, 0.25) is 0 Å². The molecule has 1 N–H and O–H groups in total. The highest BCUT2D eigenvalue weighted by Gasteiger charge is 2.42. The van der Waals surface area contributed by atoms with Crippen molar-refractivity contribution in [2.45, 2.75) is 38.1 Å². The van der Waals surface area contributed by atoms with Crippen molar-refractivity contribution in [3.05, 3.63) is 35.9 Å². The Balaban J connectivity index is 1.93. The predicted octanol–water partition coefficient (Wildman–Crippen LogP) is 2.33. The maximum atomic E-state index is 12.2. The second-order valence-corrected chi connectivity index (χ2v) is 5.06. The SMILES string of the molecule is C[C@H]1[C@@H](NC(=O)C(F)(F)F)CCN1Cc1ccccc1. The van der Waals surface area contributed by atoms with Crippen molar-refractivity contribution in [3.63, 3.8) is 0 Å². The standard InChI is InChI=1S/C14H17F3N2O/c1-10-12(18-13(20)14(15,16)17)7-8-19(10)9-11-5-3-2-4-6-11/h2-6,10,12H,7-9H2,1H3,(H,18,20)/t10-,12-/m0/s1. The first kappa shape index (κ1) is 14.8. The molecule has 0 aromatic heterocycles. The number of likely N-dealkylation sites (tertiary alicyclic amines) is 1. The first-order valence-electron chi connectivity index (χ1n) is 6.53. The summed E-state index contributed by atoms with van der Waals surface area (Å²) in [6, 6.07) is 9.18. The lowest BCUT2D eigenvalue weighted by Gasteiger charge is -2.25. The average molecular weight is 286 g/mol. The normalized spacial score (nSPS) is 23.8. The molecule has 20 heavy (non-hydrogen) atoms. The van der Waals surface area contributed by atoms with Gasteiger partial charge in [-0.25, -0.2) is 0 Å². The van der Waals surface area contributed by atoms with Gasteiger partial charge in [-0.15, -0.1) is 0 Å². The topological polar surface area (TPSA) is 32.3 Å². The van der Waals surface area contributed by atoms with E-state index in [2.05, 4.69) is 10.2 Å². The van der Waals surface area contributed by atoms with Gasteiger partial charge in [-0.2, -0.15) is 13.2 Å². The van der Waals surface area contributed by atoms with E-state index in [0.29, 0.717) is 19.5 Å². The third-order valence-electron chi connectivity index (χ3n) is 3.69. The quantitative estimate of drug-likeness (QED) is 0.925. The van der Waals surface area contributed by atoms with E-state index in [4.69, 9.17) is 0 Å². The number of alkyl halides is 3. The van der Waals surface area contributed by atoms with Crippen LogP contribution in [-0.2, 0) is 11.3 Å². The smallest absolute Gasteiger partial charge is 0.344 e. The van der Waals surface area contributed by atoms with Crippen LogP contribution in [0.2, 0.25) is 0 Å². The summed E-state index contributed by atoms with van der Waals surface area (Å²) in [6.45, 7) is 3.20. The Morgan fingerprint density at radius 1 is 1.35 bits per heavy atom. The Kier molecular flexibility index (Phi) is 4.32. The van der Waals surface area contributed by atoms with Crippen molar-refractivity contribution < 1.29 is 18.0 Å². The Morgan fingerprint density at radius 2 is 2.00 bits per heavy atom. The Morgan fingerprint density at radius 3 is 2.60 bits per heavy atom. The molecule has 0 bridgehead atoms. The van der Waals surface area contributed by atoms with Crippen LogP contribution >= 0.6 is 0 Å². The fourth-order valence-electron chi connectivity index (χ4n) is 2.49. The van der Waals surface area contributed by atoms with Crippen LogP contribution in [0, 0.1) is 0 Å². The molecular formula is C14H17F3N2O. The molecule has 0 spiro atoms. The molecule has 1 saturated heterocycles. The third kappa shape index (κ3) is 3.50. The number of rotatable bonds is 3. The highest BCUT2D eigenvalue weighted by atomic mass is 19.4. The summed E-state index contributed by atoms with van der Waals surface area (Å²) in [7, 11) is 0. The lowest BCUT2D eigenvalue weighted by Crippen LogP contribution is -2.47. The van der Waals surface area contributed by atoms with Crippen molar-refractivity contribution in [1.29, 1.82) is 0 Å². The first-order chi connectivity index (χ1) is 9.38. The van der Waals surface area contributed by atoms with E-state index in [-0.39, 0.29) is 6.04 Å². The van der Waals surface area contributed by atoms with E-state index in [0.717, 1.165) is 5.56 Å². The summed E-state index contributed by atoms with van der Waals surface area (Å²) in [4.78, 5) is 13.1. The zero-order chi connectivity index (χ0) is 14.8. The second kappa shape index (κ2) is 5.83. The van der Waals surface area contributed by atoms with Crippen LogP contribution in [0.15, 0.2) is 30.3 Å².